The Morgan fingerprint density at radius 3 is 2.82 bits per heavy atom. The Morgan fingerprint density at radius 2 is 2.18 bits per heavy atom. The summed E-state index contributed by atoms with van der Waals surface area (Å²) in [6.45, 7) is 5.68. The number of carbonyl (C=O) groups excluding carboxylic acids is 2. The molecule has 0 aromatic heterocycles. The molecule has 1 aliphatic heterocycles. The maximum Gasteiger partial charge on any atom is 0.241 e. The number of piperidine rings is 1. The van der Waals surface area contributed by atoms with E-state index in [2.05, 4.69) is 10.6 Å². The summed E-state index contributed by atoms with van der Waals surface area (Å²) < 4.78 is 0. The van der Waals surface area contributed by atoms with Crippen LogP contribution in [-0.4, -0.2) is 35.8 Å². The van der Waals surface area contributed by atoms with Crippen molar-refractivity contribution in [3.63, 3.8) is 0 Å². The van der Waals surface area contributed by atoms with E-state index in [1.807, 2.05) is 31.2 Å². The molecule has 1 fully saturated rings. The summed E-state index contributed by atoms with van der Waals surface area (Å²) in [4.78, 5) is 25.5. The summed E-state index contributed by atoms with van der Waals surface area (Å²) in [5.41, 5.74) is 1.81. The van der Waals surface area contributed by atoms with Crippen molar-refractivity contribution < 1.29 is 9.59 Å². The summed E-state index contributed by atoms with van der Waals surface area (Å²) in [5.74, 6) is 0.0825. The largest absolute Gasteiger partial charge is 0.339 e. The number of carbonyl (C=O) groups is 2. The third-order valence-corrected chi connectivity index (χ3v) is 4.02. The molecule has 120 valence electrons. The Bertz CT molecular complexity index is 524. The first kappa shape index (κ1) is 16.5. The third kappa shape index (κ3) is 4.56. The maximum atomic E-state index is 12.2. The fraction of sp³-hybridized carbons (Fsp3) is 0.529. The predicted octanol–water partition coefficient (Wildman–Crippen LogP) is 2.14. The van der Waals surface area contributed by atoms with Gasteiger partial charge in [0.05, 0.1) is 6.04 Å². The fourth-order valence-corrected chi connectivity index (χ4v) is 2.72. The van der Waals surface area contributed by atoms with Crippen LogP contribution in [-0.2, 0) is 16.1 Å². The van der Waals surface area contributed by atoms with Crippen LogP contribution in [0.15, 0.2) is 24.3 Å². The lowest BCUT2D eigenvalue weighted by Crippen LogP contribution is -2.43. The summed E-state index contributed by atoms with van der Waals surface area (Å²) in [6, 6.07) is 7.61. The normalized spacial score (nSPS) is 17.8. The van der Waals surface area contributed by atoms with Gasteiger partial charge in [0.15, 0.2) is 0 Å². The van der Waals surface area contributed by atoms with Crippen LogP contribution in [0.25, 0.3) is 0 Å². The van der Waals surface area contributed by atoms with Crippen LogP contribution in [0, 0.1) is 0 Å². The van der Waals surface area contributed by atoms with Crippen molar-refractivity contribution in [3.05, 3.63) is 29.8 Å². The van der Waals surface area contributed by atoms with E-state index in [-0.39, 0.29) is 17.9 Å². The third-order valence-electron chi connectivity index (χ3n) is 4.02. The highest BCUT2D eigenvalue weighted by molar-refractivity contribution is 5.94. The van der Waals surface area contributed by atoms with Crippen molar-refractivity contribution in [3.8, 4) is 0 Å². The molecule has 22 heavy (non-hydrogen) atoms. The molecule has 2 N–H and O–H groups in total. The Hall–Kier alpha value is -1.88. The van der Waals surface area contributed by atoms with Crippen molar-refractivity contribution >= 4 is 17.5 Å². The molecule has 0 saturated carbocycles. The molecule has 0 unspecified atom stereocenters. The second-order valence-corrected chi connectivity index (χ2v) is 5.73. The molecule has 0 radical (unpaired) electrons. The Balaban J connectivity index is 1.98. The number of hydrogen-bond donors (Lipinski definition) is 2. The van der Waals surface area contributed by atoms with E-state index < -0.39 is 0 Å². The average Bonchev–Trinajstić information content (AvgIpc) is 2.53. The van der Waals surface area contributed by atoms with E-state index >= 15 is 0 Å². The van der Waals surface area contributed by atoms with E-state index in [4.69, 9.17) is 0 Å². The van der Waals surface area contributed by atoms with Gasteiger partial charge in [0, 0.05) is 25.7 Å². The molecule has 0 bridgehead atoms. The lowest BCUT2D eigenvalue weighted by Gasteiger charge is -2.23. The fourth-order valence-electron chi connectivity index (χ4n) is 2.72. The zero-order chi connectivity index (χ0) is 15.9. The number of anilines is 1. The van der Waals surface area contributed by atoms with E-state index in [0.29, 0.717) is 13.1 Å². The van der Waals surface area contributed by atoms with Crippen LogP contribution in [0.3, 0.4) is 0 Å². The number of benzene rings is 1. The summed E-state index contributed by atoms with van der Waals surface area (Å²) in [5, 5.41) is 6.21. The van der Waals surface area contributed by atoms with Crippen LogP contribution in [0.5, 0.6) is 0 Å². The first-order valence-corrected chi connectivity index (χ1v) is 7.99. The monoisotopic (exact) mass is 303 g/mol. The first-order valence-electron chi connectivity index (χ1n) is 7.99. The molecule has 0 aliphatic carbocycles. The molecule has 2 amide bonds. The van der Waals surface area contributed by atoms with Crippen molar-refractivity contribution in [1.29, 1.82) is 0 Å². The molecule has 1 heterocycles. The molecule has 1 aromatic rings. The highest BCUT2D eigenvalue weighted by atomic mass is 16.2. The zero-order valence-corrected chi connectivity index (χ0v) is 13.4. The van der Waals surface area contributed by atoms with Crippen molar-refractivity contribution in [2.24, 2.45) is 0 Å². The number of nitrogens with one attached hydrogen (secondary N) is 2. The second-order valence-electron chi connectivity index (χ2n) is 5.73. The number of nitrogens with zero attached hydrogens (tertiary/aromatic N) is 1. The van der Waals surface area contributed by atoms with Crippen LogP contribution >= 0.6 is 0 Å². The van der Waals surface area contributed by atoms with Gasteiger partial charge in [-0.25, -0.2) is 0 Å². The second kappa shape index (κ2) is 7.94. The van der Waals surface area contributed by atoms with Gasteiger partial charge in [-0.15, -0.1) is 0 Å². The molecule has 5 heteroatoms. The van der Waals surface area contributed by atoms with Gasteiger partial charge >= 0.3 is 0 Å². The van der Waals surface area contributed by atoms with Crippen molar-refractivity contribution in [1.82, 2.24) is 10.2 Å². The van der Waals surface area contributed by atoms with Crippen LogP contribution in [0.4, 0.5) is 5.69 Å². The zero-order valence-electron chi connectivity index (χ0n) is 13.4. The van der Waals surface area contributed by atoms with E-state index in [1.54, 1.807) is 11.8 Å². The van der Waals surface area contributed by atoms with Crippen LogP contribution in [0.2, 0.25) is 0 Å². The Morgan fingerprint density at radius 1 is 1.36 bits per heavy atom. The number of hydrogen-bond acceptors (Lipinski definition) is 3. The summed E-state index contributed by atoms with van der Waals surface area (Å²) in [6.07, 6.45) is 3.12. The first-order chi connectivity index (χ1) is 10.6. The highest BCUT2D eigenvalue weighted by Gasteiger charge is 2.20. The molecular formula is C17H25N3O2. The van der Waals surface area contributed by atoms with E-state index in [0.717, 1.165) is 37.1 Å². The van der Waals surface area contributed by atoms with Gasteiger partial charge in [0.2, 0.25) is 11.8 Å². The molecule has 0 spiro atoms. The molecule has 2 rings (SSSR count). The van der Waals surface area contributed by atoms with Crippen molar-refractivity contribution in [2.45, 2.75) is 45.7 Å². The summed E-state index contributed by atoms with van der Waals surface area (Å²) >= 11 is 0. The van der Waals surface area contributed by atoms with Crippen LogP contribution < -0.4 is 10.6 Å². The lowest BCUT2D eigenvalue weighted by atomic mass is 10.0. The molecule has 5 nitrogen and oxygen atoms in total. The van der Waals surface area contributed by atoms with Gasteiger partial charge in [-0.3, -0.25) is 9.59 Å². The molecule has 1 aromatic carbocycles. The highest BCUT2D eigenvalue weighted by Crippen LogP contribution is 2.15. The van der Waals surface area contributed by atoms with Crippen molar-refractivity contribution in [2.75, 3.05) is 18.4 Å². The molecular weight excluding hydrogens is 278 g/mol. The SMILES string of the molecule is CCN(Cc1cccc(NC(=O)[C@@H]2CCCCN2)c1)C(C)=O. The quantitative estimate of drug-likeness (QED) is 0.876. The minimum Gasteiger partial charge on any atom is -0.339 e. The van der Waals surface area contributed by atoms with Gasteiger partial charge in [-0.05, 0) is 44.0 Å². The average molecular weight is 303 g/mol. The van der Waals surface area contributed by atoms with E-state index in [1.165, 1.54) is 0 Å². The van der Waals surface area contributed by atoms with Gasteiger partial charge in [-0.2, -0.15) is 0 Å². The molecule has 1 saturated heterocycles. The van der Waals surface area contributed by atoms with Gasteiger partial charge in [-0.1, -0.05) is 18.6 Å². The smallest absolute Gasteiger partial charge is 0.241 e. The van der Waals surface area contributed by atoms with Gasteiger partial charge in [0.1, 0.15) is 0 Å². The number of rotatable bonds is 5. The van der Waals surface area contributed by atoms with Gasteiger partial charge in [0.25, 0.3) is 0 Å². The van der Waals surface area contributed by atoms with Gasteiger partial charge < -0.3 is 15.5 Å². The topological polar surface area (TPSA) is 61.4 Å². The maximum absolute atomic E-state index is 12.2. The minimum atomic E-state index is -0.0956. The Labute approximate surface area is 132 Å². The van der Waals surface area contributed by atoms with Crippen LogP contribution in [0.1, 0.15) is 38.7 Å². The van der Waals surface area contributed by atoms with E-state index in [9.17, 15) is 9.59 Å². The molecule has 1 atom stereocenters. The Kier molecular flexibility index (Phi) is 5.95. The predicted molar refractivity (Wildman–Crippen MR) is 87.5 cm³/mol. The number of amides is 2. The standard InChI is InChI=1S/C17H25N3O2/c1-3-20(13(2)21)12-14-7-6-8-15(11-14)19-17(22)16-9-4-5-10-18-16/h6-8,11,16,18H,3-5,9-10,12H2,1-2H3,(H,19,22)/t16-/m0/s1. The summed E-state index contributed by atoms with van der Waals surface area (Å²) in [7, 11) is 0. The minimum absolute atomic E-state index is 0.0239. The lowest BCUT2D eigenvalue weighted by molar-refractivity contribution is -0.129. The molecule has 1 aliphatic rings.